The van der Waals surface area contributed by atoms with Crippen LogP contribution in [-0.2, 0) is 4.79 Å². The lowest BCUT2D eigenvalue weighted by atomic mass is 9.92. The van der Waals surface area contributed by atoms with Crippen LogP contribution < -0.4 is 4.74 Å². The van der Waals surface area contributed by atoms with Crippen LogP contribution in [0.3, 0.4) is 0 Å². The highest BCUT2D eigenvalue weighted by Crippen LogP contribution is 2.30. The number of para-hydroxylation sites is 1. The fraction of sp³-hybridized carbons (Fsp3) is 0.462. The second-order valence-electron chi connectivity index (χ2n) is 3.80. The Balaban J connectivity index is 2.95. The number of carbonyl (C=O) groups is 1. The molecular formula is C13H18O3. The molecular weight excluding hydrogens is 204 g/mol. The number of hydrogen-bond acceptors (Lipinski definition) is 3. The summed E-state index contributed by atoms with van der Waals surface area (Å²) in [6, 6.07) is 7.22. The smallest absolute Gasteiger partial charge is 0.138 e. The Hall–Kier alpha value is -1.35. The van der Waals surface area contributed by atoms with Crippen molar-refractivity contribution in [3.63, 3.8) is 0 Å². The quantitative estimate of drug-likeness (QED) is 0.831. The molecule has 0 heterocycles. The first-order chi connectivity index (χ1) is 7.61. The summed E-state index contributed by atoms with van der Waals surface area (Å²) in [6.45, 7) is 3.54. The Kier molecular flexibility index (Phi) is 4.50. The summed E-state index contributed by atoms with van der Waals surface area (Å²) < 4.78 is 5.16. The second-order valence-corrected chi connectivity index (χ2v) is 3.80. The first-order valence-electron chi connectivity index (χ1n) is 5.45. The molecule has 0 aromatic heterocycles. The molecule has 0 aliphatic heterocycles. The predicted octanol–water partition coefficient (Wildman–Crippen LogP) is 2.34. The van der Waals surface area contributed by atoms with Gasteiger partial charge in [-0.2, -0.15) is 0 Å². The zero-order valence-corrected chi connectivity index (χ0v) is 9.93. The van der Waals surface area contributed by atoms with Crippen molar-refractivity contribution < 1.29 is 14.6 Å². The Morgan fingerprint density at radius 3 is 2.62 bits per heavy atom. The van der Waals surface area contributed by atoms with E-state index in [1.54, 1.807) is 33.1 Å². The van der Waals surface area contributed by atoms with Gasteiger partial charge in [0, 0.05) is 17.9 Å². The molecule has 0 fully saturated rings. The van der Waals surface area contributed by atoms with Gasteiger partial charge in [-0.1, -0.05) is 32.0 Å². The number of carbonyl (C=O) groups excluding carboxylic acids is 1. The molecule has 0 saturated carbocycles. The molecule has 0 amide bonds. The van der Waals surface area contributed by atoms with Crippen LogP contribution in [0.1, 0.15) is 31.9 Å². The maximum atomic E-state index is 11.5. The summed E-state index contributed by atoms with van der Waals surface area (Å²) >= 11 is 0. The molecule has 0 spiro atoms. The van der Waals surface area contributed by atoms with E-state index in [4.69, 9.17) is 4.74 Å². The minimum absolute atomic E-state index is 0.0541. The highest BCUT2D eigenvalue weighted by molar-refractivity contribution is 5.81. The molecule has 0 saturated heterocycles. The molecule has 3 nitrogen and oxygen atoms in total. The number of ketones is 1. The van der Waals surface area contributed by atoms with Crippen molar-refractivity contribution in [2.45, 2.75) is 26.4 Å². The maximum absolute atomic E-state index is 11.5. The first kappa shape index (κ1) is 12.7. The van der Waals surface area contributed by atoms with E-state index in [0.717, 1.165) is 0 Å². The van der Waals surface area contributed by atoms with Crippen LogP contribution in [0.15, 0.2) is 24.3 Å². The average Bonchev–Trinajstić information content (AvgIpc) is 2.35. The van der Waals surface area contributed by atoms with E-state index >= 15 is 0 Å². The van der Waals surface area contributed by atoms with Crippen molar-refractivity contribution in [2.24, 2.45) is 5.92 Å². The van der Waals surface area contributed by atoms with Crippen LogP contribution in [0, 0.1) is 5.92 Å². The molecule has 0 unspecified atom stereocenters. The largest absolute Gasteiger partial charge is 0.496 e. The topological polar surface area (TPSA) is 46.5 Å². The summed E-state index contributed by atoms with van der Waals surface area (Å²) in [5.41, 5.74) is 0.666. The van der Waals surface area contributed by atoms with Crippen LogP contribution in [0.2, 0.25) is 0 Å². The van der Waals surface area contributed by atoms with Crippen molar-refractivity contribution in [1.82, 2.24) is 0 Å². The highest BCUT2D eigenvalue weighted by atomic mass is 16.5. The Morgan fingerprint density at radius 2 is 2.06 bits per heavy atom. The number of rotatable bonds is 5. The Morgan fingerprint density at radius 1 is 1.44 bits per heavy atom. The zero-order chi connectivity index (χ0) is 12.1. The van der Waals surface area contributed by atoms with Gasteiger partial charge in [-0.05, 0) is 6.07 Å². The van der Waals surface area contributed by atoms with E-state index in [1.807, 2.05) is 12.1 Å². The SMILES string of the molecule is CCC(=O)[C@@H](C)[C@H](O)c1ccccc1OC. The number of hydrogen-bond donors (Lipinski definition) is 1. The van der Waals surface area contributed by atoms with Crippen molar-refractivity contribution >= 4 is 5.78 Å². The lowest BCUT2D eigenvalue weighted by Gasteiger charge is -2.19. The molecule has 0 bridgehead atoms. The highest BCUT2D eigenvalue weighted by Gasteiger charge is 2.24. The average molecular weight is 222 g/mol. The van der Waals surface area contributed by atoms with Gasteiger partial charge in [-0.15, -0.1) is 0 Å². The molecule has 16 heavy (non-hydrogen) atoms. The van der Waals surface area contributed by atoms with Crippen molar-refractivity contribution in [2.75, 3.05) is 7.11 Å². The van der Waals surface area contributed by atoms with Gasteiger partial charge in [0.2, 0.25) is 0 Å². The summed E-state index contributed by atoms with van der Waals surface area (Å²) in [5.74, 6) is 0.269. The Bertz CT molecular complexity index is 360. The third-order valence-electron chi connectivity index (χ3n) is 2.79. The lowest BCUT2D eigenvalue weighted by molar-refractivity contribution is -0.125. The summed E-state index contributed by atoms with van der Waals surface area (Å²) in [4.78, 5) is 11.5. The summed E-state index contributed by atoms with van der Waals surface area (Å²) in [5, 5.41) is 10.1. The van der Waals surface area contributed by atoms with Gasteiger partial charge in [-0.3, -0.25) is 4.79 Å². The summed E-state index contributed by atoms with van der Waals surface area (Å²) in [7, 11) is 1.55. The minimum Gasteiger partial charge on any atom is -0.496 e. The van der Waals surface area contributed by atoms with E-state index in [0.29, 0.717) is 17.7 Å². The second kappa shape index (κ2) is 5.66. The van der Waals surface area contributed by atoms with Crippen LogP contribution in [0.25, 0.3) is 0 Å². The zero-order valence-electron chi connectivity index (χ0n) is 9.93. The van der Waals surface area contributed by atoms with Crippen LogP contribution in [0.4, 0.5) is 0 Å². The third kappa shape index (κ3) is 2.61. The third-order valence-corrected chi connectivity index (χ3v) is 2.79. The molecule has 1 rings (SSSR count). The van der Waals surface area contributed by atoms with Gasteiger partial charge in [0.15, 0.2) is 0 Å². The van der Waals surface area contributed by atoms with Crippen molar-refractivity contribution in [1.29, 1.82) is 0 Å². The number of aliphatic hydroxyl groups is 1. The van der Waals surface area contributed by atoms with Crippen molar-refractivity contribution in [3.8, 4) is 5.75 Å². The van der Waals surface area contributed by atoms with E-state index in [2.05, 4.69) is 0 Å². The molecule has 88 valence electrons. The molecule has 3 heteroatoms. The molecule has 1 aromatic rings. The fourth-order valence-corrected chi connectivity index (χ4v) is 1.68. The van der Waals surface area contributed by atoms with E-state index < -0.39 is 12.0 Å². The van der Waals surface area contributed by atoms with Gasteiger partial charge in [0.1, 0.15) is 11.5 Å². The van der Waals surface area contributed by atoms with Crippen LogP contribution in [0.5, 0.6) is 5.75 Å². The van der Waals surface area contributed by atoms with E-state index in [1.165, 1.54) is 0 Å². The van der Waals surface area contributed by atoms with Gasteiger partial charge >= 0.3 is 0 Å². The molecule has 0 aliphatic rings. The van der Waals surface area contributed by atoms with E-state index in [9.17, 15) is 9.90 Å². The molecule has 0 radical (unpaired) electrons. The van der Waals surface area contributed by atoms with Crippen LogP contribution >= 0.6 is 0 Å². The van der Waals surface area contributed by atoms with Gasteiger partial charge < -0.3 is 9.84 Å². The number of benzene rings is 1. The minimum atomic E-state index is -0.802. The Labute approximate surface area is 96.1 Å². The van der Waals surface area contributed by atoms with Gasteiger partial charge in [-0.25, -0.2) is 0 Å². The van der Waals surface area contributed by atoms with Gasteiger partial charge in [0.25, 0.3) is 0 Å². The number of Topliss-reactive ketones (excluding diaryl/α,β-unsaturated/α-hetero) is 1. The summed E-state index contributed by atoms with van der Waals surface area (Å²) in [6.07, 6.45) is -0.364. The number of methoxy groups -OCH3 is 1. The normalized spacial score (nSPS) is 14.2. The molecule has 1 aromatic carbocycles. The van der Waals surface area contributed by atoms with Crippen LogP contribution in [-0.4, -0.2) is 18.0 Å². The molecule has 0 aliphatic carbocycles. The maximum Gasteiger partial charge on any atom is 0.138 e. The first-order valence-corrected chi connectivity index (χ1v) is 5.45. The number of aliphatic hydroxyl groups excluding tert-OH is 1. The monoisotopic (exact) mass is 222 g/mol. The van der Waals surface area contributed by atoms with E-state index in [-0.39, 0.29) is 5.78 Å². The lowest BCUT2D eigenvalue weighted by Crippen LogP contribution is -2.19. The number of ether oxygens (including phenoxy) is 1. The fourth-order valence-electron chi connectivity index (χ4n) is 1.68. The molecule has 1 N–H and O–H groups in total. The van der Waals surface area contributed by atoms with Gasteiger partial charge in [0.05, 0.1) is 13.2 Å². The standard InChI is InChI=1S/C13H18O3/c1-4-11(14)9(2)13(15)10-7-5-6-8-12(10)16-3/h5-9,13,15H,4H2,1-3H3/t9-,13+/m1/s1. The molecule has 2 atom stereocenters. The van der Waals surface area contributed by atoms with Crippen molar-refractivity contribution in [3.05, 3.63) is 29.8 Å². The predicted molar refractivity (Wildman–Crippen MR) is 62.4 cm³/mol.